The lowest BCUT2D eigenvalue weighted by atomic mass is 10.2. The first-order chi connectivity index (χ1) is 11.2. The highest BCUT2D eigenvalue weighted by Gasteiger charge is 2.18. The summed E-state index contributed by atoms with van der Waals surface area (Å²) in [6.45, 7) is 4.67. The first kappa shape index (κ1) is 15.3. The van der Waals surface area contributed by atoms with Gasteiger partial charge in [0.1, 0.15) is 0 Å². The molecule has 4 nitrogen and oxygen atoms in total. The van der Waals surface area contributed by atoms with Crippen LogP contribution in [0.2, 0.25) is 5.02 Å². The summed E-state index contributed by atoms with van der Waals surface area (Å²) in [6, 6.07) is 15.0. The van der Waals surface area contributed by atoms with E-state index in [0.717, 1.165) is 11.1 Å². The van der Waals surface area contributed by atoms with E-state index in [1.807, 2.05) is 48.7 Å². The van der Waals surface area contributed by atoms with Gasteiger partial charge in [-0.2, -0.15) is 5.10 Å². The number of benzene rings is 1. The van der Waals surface area contributed by atoms with Crippen LogP contribution < -0.4 is 0 Å². The van der Waals surface area contributed by atoms with Gasteiger partial charge in [0.25, 0.3) is 5.91 Å². The van der Waals surface area contributed by atoms with E-state index in [-0.39, 0.29) is 5.91 Å². The molecule has 0 unspecified atom stereocenters. The molecule has 0 saturated heterocycles. The minimum atomic E-state index is -0.122. The monoisotopic (exact) mass is 325 g/mol. The molecule has 5 heteroatoms. The highest BCUT2D eigenvalue weighted by atomic mass is 35.5. The normalized spacial score (nSPS) is 10.7. The highest BCUT2D eigenvalue weighted by molar-refractivity contribution is 6.30. The topological polar surface area (TPSA) is 37.6 Å². The van der Waals surface area contributed by atoms with E-state index in [1.165, 1.54) is 0 Å². The maximum atomic E-state index is 12.8. The minimum absolute atomic E-state index is 0.122. The van der Waals surface area contributed by atoms with E-state index in [9.17, 15) is 4.79 Å². The van der Waals surface area contributed by atoms with E-state index >= 15 is 0 Å². The van der Waals surface area contributed by atoms with E-state index in [1.54, 1.807) is 21.6 Å². The van der Waals surface area contributed by atoms with Crippen molar-refractivity contribution in [2.45, 2.75) is 6.54 Å². The average Bonchev–Trinajstić information content (AvgIpc) is 3.00. The van der Waals surface area contributed by atoms with E-state index in [0.29, 0.717) is 23.8 Å². The van der Waals surface area contributed by atoms with Crippen molar-refractivity contribution in [3.05, 3.63) is 83.7 Å². The molecule has 0 aliphatic rings. The van der Waals surface area contributed by atoms with Gasteiger partial charge >= 0.3 is 0 Å². The van der Waals surface area contributed by atoms with Crippen molar-refractivity contribution in [1.82, 2.24) is 14.5 Å². The van der Waals surface area contributed by atoms with Gasteiger partial charge in [-0.1, -0.05) is 35.9 Å². The SMILES string of the molecule is C=CCN(Cc1ccc(Cl)cc1)C(=O)c1cc2ccccn2n1. The second kappa shape index (κ2) is 6.67. The molecular formula is C18H16ClN3O. The smallest absolute Gasteiger partial charge is 0.274 e. The largest absolute Gasteiger partial charge is 0.329 e. The molecule has 3 rings (SSSR count). The lowest BCUT2D eigenvalue weighted by Gasteiger charge is -2.20. The molecule has 2 aromatic heterocycles. The molecule has 0 atom stereocenters. The van der Waals surface area contributed by atoms with Crippen molar-refractivity contribution in [2.24, 2.45) is 0 Å². The number of nitrogens with zero attached hydrogens (tertiary/aromatic N) is 3. The number of hydrogen-bond donors (Lipinski definition) is 0. The summed E-state index contributed by atoms with van der Waals surface area (Å²) in [5.41, 5.74) is 2.32. The zero-order valence-electron chi connectivity index (χ0n) is 12.5. The lowest BCUT2D eigenvalue weighted by molar-refractivity contribution is 0.0756. The fourth-order valence-corrected chi connectivity index (χ4v) is 2.52. The summed E-state index contributed by atoms with van der Waals surface area (Å²) in [5, 5.41) is 5.02. The number of fused-ring (bicyclic) bond motifs is 1. The molecule has 0 aliphatic heterocycles. The molecule has 3 aromatic rings. The third-order valence-electron chi connectivity index (χ3n) is 3.51. The van der Waals surface area contributed by atoms with Gasteiger partial charge in [0.2, 0.25) is 0 Å². The quantitative estimate of drug-likeness (QED) is 0.669. The fraction of sp³-hybridized carbons (Fsp3) is 0.111. The third kappa shape index (κ3) is 3.43. The van der Waals surface area contributed by atoms with Crippen LogP contribution in [-0.4, -0.2) is 27.0 Å². The van der Waals surface area contributed by atoms with Crippen LogP contribution in [0.4, 0.5) is 0 Å². The van der Waals surface area contributed by atoms with Crippen LogP contribution in [0.1, 0.15) is 16.1 Å². The zero-order chi connectivity index (χ0) is 16.2. The van der Waals surface area contributed by atoms with Crippen LogP contribution in [0.25, 0.3) is 5.52 Å². The van der Waals surface area contributed by atoms with Gasteiger partial charge in [-0.05, 0) is 35.9 Å². The van der Waals surface area contributed by atoms with Crippen molar-refractivity contribution < 1.29 is 4.79 Å². The number of halogens is 1. The molecule has 0 bridgehead atoms. The zero-order valence-corrected chi connectivity index (χ0v) is 13.3. The molecule has 0 saturated carbocycles. The number of pyridine rings is 1. The molecular weight excluding hydrogens is 310 g/mol. The van der Waals surface area contributed by atoms with Crippen molar-refractivity contribution >= 4 is 23.0 Å². The molecule has 0 radical (unpaired) electrons. The number of aromatic nitrogens is 2. The number of carbonyl (C=O) groups excluding carboxylic acids is 1. The van der Waals surface area contributed by atoms with Gasteiger partial charge < -0.3 is 4.90 Å². The van der Waals surface area contributed by atoms with Crippen LogP contribution in [0, 0.1) is 0 Å². The van der Waals surface area contributed by atoms with Crippen LogP contribution >= 0.6 is 11.6 Å². The summed E-state index contributed by atoms with van der Waals surface area (Å²) in [6.07, 6.45) is 3.53. The van der Waals surface area contributed by atoms with Crippen LogP contribution in [0.3, 0.4) is 0 Å². The molecule has 1 amide bonds. The average molecular weight is 326 g/mol. The Bertz CT molecular complexity index is 806. The van der Waals surface area contributed by atoms with Crippen LogP contribution in [-0.2, 0) is 6.54 Å². The van der Waals surface area contributed by atoms with Gasteiger partial charge in [-0.15, -0.1) is 6.58 Å². The van der Waals surface area contributed by atoms with Crippen molar-refractivity contribution in [3.63, 3.8) is 0 Å². The summed E-state index contributed by atoms with van der Waals surface area (Å²) in [4.78, 5) is 14.5. The second-order valence-electron chi connectivity index (χ2n) is 5.20. The molecule has 1 aromatic carbocycles. The van der Waals surface area contributed by atoms with Crippen molar-refractivity contribution in [2.75, 3.05) is 6.54 Å². The predicted octanol–water partition coefficient (Wildman–Crippen LogP) is 3.82. The number of carbonyl (C=O) groups is 1. The second-order valence-corrected chi connectivity index (χ2v) is 5.64. The van der Waals surface area contributed by atoms with E-state index in [4.69, 9.17) is 11.6 Å². The summed E-state index contributed by atoms with van der Waals surface area (Å²) < 4.78 is 1.70. The predicted molar refractivity (Wildman–Crippen MR) is 91.6 cm³/mol. The Labute approximate surface area is 139 Å². The number of hydrogen-bond acceptors (Lipinski definition) is 2. The van der Waals surface area contributed by atoms with Gasteiger partial charge in [0.05, 0.1) is 5.52 Å². The van der Waals surface area contributed by atoms with Crippen molar-refractivity contribution in [1.29, 1.82) is 0 Å². The number of amides is 1. The minimum Gasteiger partial charge on any atom is -0.329 e. The molecule has 116 valence electrons. The Morgan fingerprint density at radius 1 is 1.26 bits per heavy atom. The standard InChI is InChI=1S/C18H16ClN3O/c1-2-10-21(13-14-6-8-15(19)9-7-14)18(23)17-12-16-5-3-4-11-22(16)20-17/h2-9,11-12H,1,10,13H2. The molecule has 0 aliphatic carbocycles. The first-order valence-corrected chi connectivity index (χ1v) is 7.64. The highest BCUT2D eigenvalue weighted by Crippen LogP contribution is 2.14. The number of rotatable bonds is 5. The Hall–Kier alpha value is -2.59. The Kier molecular flexibility index (Phi) is 4.44. The van der Waals surface area contributed by atoms with Gasteiger partial charge in [-0.25, -0.2) is 4.52 Å². The molecule has 0 N–H and O–H groups in total. The van der Waals surface area contributed by atoms with Gasteiger partial charge in [0, 0.05) is 24.3 Å². The maximum Gasteiger partial charge on any atom is 0.274 e. The van der Waals surface area contributed by atoms with E-state index in [2.05, 4.69) is 11.7 Å². The van der Waals surface area contributed by atoms with Gasteiger partial charge in [-0.3, -0.25) is 4.79 Å². The van der Waals surface area contributed by atoms with Crippen LogP contribution in [0.15, 0.2) is 67.4 Å². The molecule has 2 heterocycles. The van der Waals surface area contributed by atoms with Crippen molar-refractivity contribution in [3.8, 4) is 0 Å². The Morgan fingerprint density at radius 3 is 2.74 bits per heavy atom. The molecule has 0 spiro atoms. The summed E-state index contributed by atoms with van der Waals surface area (Å²) in [7, 11) is 0. The summed E-state index contributed by atoms with van der Waals surface area (Å²) >= 11 is 5.90. The Balaban J connectivity index is 1.85. The first-order valence-electron chi connectivity index (χ1n) is 7.26. The Morgan fingerprint density at radius 2 is 2.04 bits per heavy atom. The lowest BCUT2D eigenvalue weighted by Crippen LogP contribution is -2.31. The maximum absolute atomic E-state index is 12.8. The molecule has 23 heavy (non-hydrogen) atoms. The summed E-state index contributed by atoms with van der Waals surface area (Å²) in [5.74, 6) is -0.122. The van der Waals surface area contributed by atoms with Gasteiger partial charge in [0.15, 0.2) is 5.69 Å². The molecule has 0 fully saturated rings. The van der Waals surface area contributed by atoms with E-state index < -0.39 is 0 Å². The fourth-order valence-electron chi connectivity index (χ4n) is 2.39. The third-order valence-corrected chi connectivity index (χ3v) is 3.76. The van der Waals surface area contributed by atoms with Crippen LogP contribution in [0.5, 0.6) is 0 Å².